The smallest absolute Gasteiger partial charge is 0.146 e. The van der Waals surface area contributed by atoms with Crippen LogP contribution in [0.1, 0.15) is 11.6 Å². The van der Waals surface area contributed by atoms with Crippen molar-refractivity contribution < 1.29 is 8.78 Å². The predicted octanol–water partition coefficient (Wildman–Crippen LogP) is 2.87. The topological polar surface area (TPSA) is 26.0 Å². The molecule has 0 saturated carbocycles. The molecule has 0 fully saturated rings. The molecule has 0 heterocycles. The number of alkyl halides is 1. The van der Waals surface area contributed by atoms with E-state index in [2.05, 4.69) is 0 Å². The fourth-order valence-electron chi connectivity index (χ4n) is 0.890. The molecule has 5 heteroatoms. The maximum atomic E-state index is 13.1. The van der Waals surface area contributed by atoms with Crippen molar-refractivity contribution in [3.05, 3.63) is 34.6 Å². The minimum absolute atomic E-state index is 0. The van der Waals surface area contributed by atoms with Crippen molar-refractivity contribution in [2.75, 3.05) is 6.67 Å². The number of benzene rings is 1. The molecule has 0 saturated heterocycles. The minimum atomic E-state index is -0.927. The zero-order valence-corrected chi connectivity index (χ0v) is 8.21. The highest BCUT2D eigenvalue weighted by Gasteiger charge is 2.12. The van der Waals surface area contributed by atoms with E-state index in [0.717, 1.165) is 0 Å². The zero-order valence-electron chi connectivity index (χ0n) is 6.64. The van der Waals surface area contributed by atoms with Crippen molar-refractivity contribution in [1.29, 1.82) is 0 Å². The van der Waals surface area contributed by atoms with Crippen molar-refractivity contribution in [3.63, 3.8) is 0 Å². The van der Waals surface area contributed by atoms with Crippen molar-refractivity contribution in [1.82, 2.24) is 0 Å². The fourth-order valence-corrected chi connectivity index (χ4v) is 1.07. The summed E-state index contributed by atoms with van der Waals surface area (Å²) >= 11 is 5.46. The molecule has 1 rings (SSSR count). The van der Waals surface area contributed by atoms with Gasteiger partial charge in [0.25, 0.3) is 0 Å². The third kappa shape index (κ3) is 2.79. The van der Waals surface area contributed by atoms with E-state index < -0.39 is 18.5 Å². The molecular weight excluding hydrogens is 219 g/mol. The highest BCUT2D eigenvalue weighted by atomic mass is 35.5. The Morgan fingerprint density at radius 3 is 2.62 bits per heavy atom. The first-order valence-electron chi connectivity index (χ1n) is 3.42. The van der Waals surface area contributed by atoms with Crippen LogP contribution in [0.15, 0.2) is 18.2 Å². The normalized spacial score (nSPS) is 12.0. The number of rotatable bonds is 2. The summed E-state index contributed by atoms with van der Waals surface area (Å²) in [4.78, 5) is 0. The van der Waals surface area contributed by atoms with Crippen LogP contribution in [0.5, 0.6) is 0 Å². The van der Waals surface area contributed by atoms with Crippen LogP contribution >= 0.6 is 24.0 Å². The Balaban J connectivity index is 0.00000144. The molecule has 0 spiro atoms. The van der Waals surface area contributed by atoms with Gasteiger partial charge in [0.15, 0.2) is 0 Å². The summed E-state index contributed by atoms with van der Waals surface area (Å²) in [6, 6.07) is 3.43. The van der Waals surface area contributed by atoms with Gasteiger partial charge in [0.05, 0.1) is 11.1 Å². The third-order valence-corrected chi connectivity index (χ3v) is 1.84. The van der Waals surface area contributed by atoms with Gasteiger partial charge in [-0.3, -0.25) is 0 Å². The zero-order chi connectivity index (χ0) is 9.14. The van der Waals surface area contributed by atoms with Gasteiger partial charge in [0, 0.05) is 5.56 Å². The second-order valence-electron chi connectivity index (χ2n) is 2.40. The lowest BCUT2D eigenvalue weighted by Gasteiger charge is -2.08. The molecule has 1 nitrogen and oxygen atoms in total. The Morgan fingerprint density at radius 1 is 1.46 bits per heavy atom. The first-order chi connectivity index (χ1) is 5.66. The Morgan fingerprint density at radius 2 is 2.08 bits per heavy atom. The molecule has 0 bridgehead atoms. The molecule has 0 aromatic heterocycles. The van der Waals surface area contributed by atoms with Crippen LogP contribution in [0.3, 0.4) is 0 Å². The van der Waals surface area contributed by atoms with Gasteiger partial charge in [0.1, 0.15) is 12.5 Å². The van der Waals surface area contributed by atoms with E-state index in [0.29, 0.717) is 0 Å². The van der Waals surface area contributed by atoms with Gasteiger partial charge >= 0.3 is 0 Å². The summed E-state index contributed by atoms with van der Waals surface area (Å²) in [7, 11) is 0. The van der Waals surface area contributed by atoms with Crippen molar-refractivity contribution in [2.45, 2.75) is 6.04 Å². The lowest BCUT2D eigenvalue weighted by atomic mass is 10.1. The number of hydrogen-bond acceptors (Lipinski definition) is 1. The largest absolute Gasteiger partial charge is 0.322 e. The Kier molecular flexibility index (Phi) is 5.21. The van der Waals surface area contributed by atoms with Gasteiger partial charge in [-0.25, -0.2) is 8.78 Å². The second-order valence-corrected chi connectivity index (χ2v) is 2.81. The molecule has 13 heavy (non-hydrogen) atoms. The molecule has 2 N–H and O–H groups in total. The number of halogens is 4. The molecule has 74 valence electrons. The number of nitrogens with two attached hydrogens (primary N) is 1. The fraction of sp³-hybridized carbons (Fsp3) is 0.250. The maximum Gasteiger partial charge on any atom is 0.146 e. The molecule has 0 unspecified atom stereocenters. The van der Waals surface area contributed by atoms with E-state index in [1.54, 1.807) is 0 Å². The molecule has 0 aliphatic heterocycles. The van der Waals surface area contributed by atoms with E-state index in [1.165, 1.54) is 18.2 Å². The first-order valence-corrected chi connectivity index (χ1v) is 3.80. The highest BCUT2D eigenvalue weighted by Crippen LogP contribution is 2.22. The van der Waals surface area contributed by atoms with E-state index in [1.807, 2.05) is 0 Å². The highest BCUT2D eigenvalue weighted by molar-refractivity contribution is 6.30. The van der Waals surface area contributed by atoms with Crippen LogP contribution in [0.4, 0.5) is 8.78 Å². The molecule has 1 atom stereocenters. The molecule has 1 aromatic carbocycles. The minimum Gasteiger partial charge on any atom is -0.322 e. The van der Waals surface area contributed by atoms with Crippen LogP contribution in [0.25, 0.3) is 0 Å². The van der Waals surface area contributed by atoms with Crippen LogP contribution in [0.2, 0.25) is 5.02 Å². The van der Waals surface area contributed by atoms with Crippen LogP contribution in [-0.2, 0) is 0 Å². The van der Waals surface area contributed by atoms with Gasteiger partial charge in [-0.05, 0) is 6.07 Å². The lowest BCUT2D eigenvalue weighted by molar-refractivity contribution is 0.427. The Labute approximate surface area is 86.3 Å². The van der Waals surface area contributed by atoms with E-state index in [4.69, 9.17) is 17.3 Å². The SMILES string of the molecule is Cl.N[C@@H](CF)c1cccc(Cl)c1F. The van der Waals surface area contributed by atoms with E-state index >= 15 is 0 Å². The van der Waals surface area contributed by atoms with Crippen LogP contribution in [0, 0.1) is 5.82 Å². The Bertz CT molecular complexity index is 281. The van der Waals surface area contributed by atoms with Gasteiger partial charge in [-0.15, -0.1) is 12.4 Å². The molecule has 1 aromatic rings. The molecule has 0 radical (unpaired) electrons. The van der Waals surface area contributed by atoms with Gasteiger partial charge in [0.2, 0.25) is 0 Å². The predicted molar refractivity (Wildman–Crippen MR) is 51.6 cm³/mol. The van der Waals surface area contributed by atoms with Crippen molar-refractivity contribution in [2.24, 2.45) is 5.73 Å². The van der Waals surface area contributed by atoms with E-state index in [9.17, 15) is 8.78 Å². The summed E-state index contributed by atoms with van der Waals surface area (Å²) in [5.41, 5.74) is 5.41. The second kappa shape index (κ2) is 5.37. The van der Waals surface area contributed by atoms with Gasteiger partial charge in [-0.1, -0.05) is 23.7 Å². The quantitative estimate of drug-likeness (QED) is 0.827. The standard InChI is InChI=1S/C8H8ClF2N.ClH/c9-6-3-1-2-5(8(6)11)7(12)4-10;/h1-3,7H,4,12H2;1H/t7-;/m0./s1. The van der Waals surface area contributed by atoms with Crippen molar-refractivity contribution in [3.8, 4) is 0 Å². The number of hydrogen-bond donors (Lipinski definition) is 1. The van der Waals surface area contributed by atoms with Gasteiger partial charge in [-0.2, -0.15) is 0 Å². The average Bonchev–Trinajstić information content (AvgIpc) is 2.08. The van der Waals surface area contributed by atoms with E-state index in [-0.39, 0.29) is 23.0 Å². The lowest BCUT2D eigenvalue weighted by Crippen LogP contribution is -2.13. The van der Waals surface area contributed by atoms with Crippen molar-refractivity contribution >= 4 is 24.0 Å². The molecule has 0 aliphatic carbocycles. The first kappa shape index (κ1) is 12.6. The summed E-state index contributed by atoms with van der Waals surface area (Å²) in [6.45, 7) is -0.794. The Hall–Kier alpha value is -0.380. The average molecular weight is 228 g/mol. The summed E-state index contributed by atoms with van der Waals surface area (Å²) in [5.74, 6) is -0.635. The van der Waals surface area contributed by atoms with Crippen LogP contribution in [-0.4, -0.2) is 6.67 Å². The summed E-state index contributed by atoms with van der Waals surface area (Å²) in [6.07, 6.45) is 0. The van der Waals surface area contributed by atoms with Crippen LogP contribution < -0.4 is 5.73 Å². The third-order valence-electron chi connectivity index (χ3n) is 1.55. The molecular formula is C8H9Cl2F2N. The maximum absolute atomic E-state index is 13.1. The van der Waals surface area contributed by atoms with Gasteiger partial charge < -0.3 is 5.73 Å². The summed E-state index contributed by atoms with van der Waals surface area (Å²) in [5, 5.41) is -0.0311. The summed E-state index contributed by atoms with van der Waals surface area (Å²) < 4.78 is 25.1. The molecule has 0 aliphatic rings. The monoisotopic (exact) mass is 227 g/mol. The molecule has 0 amide bonds.